The number of carbonyl (C=O) groups is 3. The number of piperidine rings is 1. The van der Waals surface area contributed by atoms with Crippen LogP contribution in [0, 0.1) is 6.92 Å². The number of hydrogen-bond donors (Lipinski definition) is 2. The maximum absolute atomic E-state index is 12.2. The van der Waals surface area contributed by atoms with Crippen molar-refractivity contribution in [3.63, 3.8) is 0 Å². The number of ether oxygens (including phenoxy) is 1. The Kier molecular flexibility index (Phi) is 7.82. The Hall–Kier alpha value is -2.83. The van der Waals surface area contributed by atoms with Crippen molar-refractivity contribution >= 4 is 24.0 Å². The third-order valence-electron chi connectivity index (χ3n) is 4.48. The summed E-state index contributed by atoms with van der Waals surface area (Å²) in [5, 5.41) is 5.47. The number of benzene rings is 1. The van der Waals surface area contributed by atoms with Gasteiger partial charge < -0.3 is 20.3 Å². The van der Waals surface area contributed by atoms with E-state index in [4.69, 9.17) is 4.74 Å². The van der Waals surface area contributed by atoms with Crippen molar-refractivity contribution in [1.82, 2.24) is 15.5 Å². The lowest BCUT2D eigenvalue weighted by Crippen LogP contribution is -2.49. The predicted octanol–water partition coefficient (Wildman–Crippen LogP) is 2.64. The topological polar surface area (TPSA) is 87.7 Å². The number of carbonyl (C=O) groups excluding carboxylic acids is 3. The summed E-state index contributed by atoms with van der Waals surface area (Å²) >= 11 is 0. The Labute approximate surface area is 172 Å². The van der Waals surface area contributed by atoms with Gasteiger partial charge >= 0.3 is 6.09 Å². The lowest BCUT2D eigenvalue weighted by molar-refractivity contribution is -0.131. The largest absolute Gasteiger partial charge is 0.444 e. The maximum atomic E-state index is 12.2. The molecular formula is C22H31N3O4. The monoisotopic (exact) mass is 401 g/mol. The van der Waals surface area contributed by atoms with E-state index in [1.54, 1.807) is 31.7 Å². The number of amides is 3. The number of likely N-dealkylation sites (tertiary alicyclic amines) is 1. The average Bonchev–Trinajstić information content (AvgIpc) is 2.65. The molecule has 7 nitrogen and oxygen atoms in total. The van der Waals surface area contributed by atoms with Crippen LogP contribution in [-0.4, -0.2) is 54.1 Å². The van der Waals surface area contributed by atoms with E-state index in [0.29, 0.717) is 25.9 Å². The minimum Gasteiger partial charge on any atom is -0.444 e. The van der Waals surface area contributed by atoms with Crippen LogP contribution >= 0.6 is 0 Å². The van der Waals surface area contributed by atoms with Crippen LogP contribution in [0.3, 0.4) is 0 Å². The van der Waals surface area contributed by atoms with E-state index in [9.17, 15) is 14.4 Å². The zero-order valence-corrected chi connectivity index (χ0v) is 17.7. The maximum Gasteiger partial charge on any atom is 0.408 e. The highest BCUT2D eigenvalue weighted by Gasteiger charge is 2.24. The van der Waals surface area contributed by atoms with Crippen LogP contribution in [0.4, 0.5) is 4.79 Å². The molecule has 1 aromatic carbocycles. The zero-order chi connectivity index (χ0) is 21.4. The van der Waals surface area contributed by atoms with Crippen molar-refractivity contribution < 1.29 is 19.1 Å². The fraction of sp³-hybridized carbons (Fsp3) is 0.500. The summed E-state index contributed by atoms with van der Waals surface area (Å²) in [7, 11) is 0. The molecule has 1 heterocycles. The van der Waals surface area contributed by atoms with E-state index in [1.807, 2.05) is 31.2 Å². The van der Waals surface area contributed by atoms with Crippen molar-refractivity contribution in [3.05, 3.63) is 41.5 Å². The normalized spacial score (nSPS) is 15.2. The summed E-state index contributed by atoms with van der Waals surface area (Å²) < 4.78 is 5.12. The first kappa shape index (κ1) is 22.5. The Morgan fingerprint density at radius 1 is 1.14 bits per heavy atom. The highest BCUT2D eigenvalue weighted by atomic mass is 16.6. The lowest BCUT2D eigenvalue weighted by atomic mass is 10.0. The van der Waals surface area contributed by atoms with Crippen molar-refractivity contribution in [2.75, 3.05) is 19.6 Å². The smallest absolute Gasteiger partial charge is 0.408 e. The molecule has 3 amide bonds. The Balaban J connectivity index is 1.70. The average molecular weight is 402 g/mol. The van der Waals surface area contributed by atoms with Gasteiger partial charge in [0.25, 0.3) is 0 Å². The number of nitrogens with one attached hydrogen (secondary N) is 2. The first-order valence-electron chi connectivity index (χ1n) is 9.92. The van der Waals surface area contributed by atoms with Gasteiger partial charge in [-0.25, -0.2) is 4.79 Å². The number of alkyl carbamates (subject to hydrolysis) is 1. The van der Waals surface area contributed by atoms with Gasteiger partial charge in [-0.3, -0.25) is 9.59 Å². The molecule has 0 bridgehead atoms. The van der Waals surface area contributed by atoms with Crippen LogP contribution in [0.25, 0.3) is 6.08 Å². The summed E-state index contributed by atoms with van der Waals surface area (Å²) in [6, 6.07) is 7.97. The van der Waals surface area contributed by atoms with Gasteiger partial charge in [0.05, 0.1) is 0 Å². The molecule has 1 aliphatic rings. The van der Waals surface area contributed by atoms with Crippen LogP contribution in [0.5, 0.6) is 0 Å². The molecule has 0 aliphatic carbocycles. The molecule has 7 heteroatoms. The molecule has 0 spiro atoms. The van der Waals surface area contributed by atoms with Gasteiger partial charge in [0.15, 0.2) is 0 Å². The molecular weight excluding hydrogens is 370 g/mol. The van der Waals surface area contributed by atoms with Crippen molar-refractivity contribution in [1.29, 1.82) is 0 Å². The van der Waals surface area contributed by atoms with Gasteiger partial charge in [-0.2, -0.15) is 0 Å². The summed E-state index contributed by atoms with van der Waals surface area (Å²) in [5.41, 5.74) is 1.55. The molecule has 0 radical (unpaired) electrons. The summed E-state index contributed by atoms with van der Waals surface area (Å²) in [6.45, 7) is 8.31. The predicted molar refractivity (Wildman–Crippen MR) is 112 cm³/mol. The molecule has 0 saturated carbocycles. The third-order valence-corrected chi connectivity index (χ3v) is 4.48. The number of nitrogens with zero attached hydrogens (tertiary/aromatic N) is 1. The molecule has 0 unspecified atom stereocenters. The summed E-state index contributed by atoms with van der Waals surface area (Å²) in [6.07, 6.45) is 4.08. The van der Waals surface area contributed by atoms with E-state index in [1.165, 1.54) is 11.6 Å². The Morgan fingerprint density at radius 2 is 1.76 bits per heavy atom. The second-order valence-corrected chi connectivity index (χ2v) is 8.26. The molecule has 1 aromatic rings. The third kappa shape index (κ3) is 8.37. The van der Waals surface area contributed by atoms with Crippen molar-refractivity contribution in [2.24, 2.45) is 0 Å². The first-order chi connectivity index (χ1) is 13.6. The molecule has 0 atom stereocenters. The lowest BCUT2D eigenvalue weighted by Gasteiger charge is -2.32. The highest BCUT2D eigenvalue weighted by Crippen LogP contribution is 2.11. The molecule has 0 aromatic heterocycles. The number of hydrogen-bond acceptors (Lipinski definition) is 4. The second-order valence-electron chi connectivity index (χ2n) is 8.26. The SMILES string of the molecule is Cc1ccc(/C=C/C(=O)NC2CCN(C(=O)CNC(=O)OC(C)(C)C)CC2)cc1. The van der Waals surface area contributed by atoms with Gasteiger partial charge in [0.2, 0.25) is 11.8 Å². The minimum atomic E-state index is -0.603. The van der Waals surface area contributed by atoms with Crippen LogP contribution < -0.4 is 10.6 Å². The molecule has 1 fully saturated rings. The minimum absolute atomic E-state index is 0.0352. The quantitative estimate of drug-likeness (QED) is 0.743. The molecule has 29 heavy (non-hydrogen) atoms. The summed E-state index contributed by atoms with van der Waals surface area (Å²) in [4.78, 5) is 37.7. The van der Waals surface area contributed by atoms with E-state index in [0.717, 1.165) is 5.56 Å². The van der Waals surface area contributed by atoms with Crippen LogP contribution in [0.2, 0.25) is 0 Å². The molecule has 2 N–H and O–H groups in total. The van der Waals surface area contributed by atoms with Crippen molar-refractivity contribution in [2.45, 2.75) is 52.2 Å². The van der Waals surface area contributed by atoms with Gasteiger partial charge in [-0.15, -0.1) is 0 Å². The summed E-state index contributed by atoms with van der Waals surface area (Å²) in [5.74, 6) is -0.290. The van der Waals surface area contributed by atoms with Gasteiger partial charge in [0.1, 0.15) is 12.1 Å². The van der Waals surface area contributed by atoms with Gasteiger partial charge in [-0.05, 0) is 52.2 Å². The molecule has 1 saturated heterocycles. The van der Waals surface area contributed by atoms with Crippen molar-refractivity contribution in [3.8, 4) is 0 Å². The number of aryl methyl sites for hydroxylation is 1. The molecule has 1 aliphatic heterocycles. The van der Waals surface area contributed by atoms with E-state index in [-0.39, 0.29) is 24.4 Å². The molecule has 158 valence electrons. The van der Waals surface area contributed by atoms with Gasteiger partial charge in [0, 0.05) is 25.2 Å². The van der Waals surface area contributed by atoms with Crippen LogP contribution in [-0.2, 0) is 14.3 Å². The fourth-order valence-electron chi connectivity index (χ4n) is 2.95. The van der Waals surface area contributed by atoms with Gasteiger partial charge in [-0.1, -0.05) is 29.8 Å². The van der Waals surface area contributed by atoms with Crippen LogP contribution in [0.15, 0.2) is 30.3 Å². The van der Waals surface area contributed by atoms with E-state index < -0.39 is 11.7 Å². The Bertz CT molecular complexity index is 742. The van der Waals surface area contributed by atoms with E-state index in [2.05, 4.69) is 10.6 Å². The zero-order valence-electron chi connectivity index (χ0n) is 17.7. The standard InChI is InChI=1S/C22H31N3O4/c1-16-5-7-17(8-6-16)9-10-19(26)24-18-11-13-25(14-12-18)20(27)15-23-21(28)29-22(2,3)4/h5-10,18H,11-15H2,1-4H3,(H,23,28)(H,24,26)/b10-9+. The fourth-order valence-corrected chi connectivity index (χ4v) is 2.95. The van der Waals surface area contributed by atoms with Crippen LogP contribution in [0.1, 0.15) is 44.7 Å². The highest BCUT2D eigenvalue weighted by molar-refractivity contribution is 5.92. The second kappa shape index (κ2) is 10.1. The van der Waals surface area contributed by atoms with E-state index >= 15 is 0 Å². The first-order valence-corrected chi connectivity index (χ1v) is 9.92. The number of rotatable bonds is 5. The molecule has 2 rings (SSSR count). The Morgan fingerprint density at radius 3 is 2.34 bits per heavy atom.